The Labute approximate surface area is 166 Å². The van der Waals surface area contributed by atoms with Crippen molar-refractivity contribution in [1.29, 1.82) is 0 Å². The van der Waals surface area contributed by atoms with Crippen molar-refractivity contribution in [3.05, 3.63) is 0 Å². The zero-order valence-corrected chi connectivity index (χ0v) is 17.2. The monoisotopic (exact) mass is 392 g/mol. The van der Waals surface area contributed by atoms with Crippen molar-refractivity contribution in [1.82, 2.24) is 20.4 Å². The average molecular weight is 393 g/mol. The first-order chi connectivity index (χ1) is 13.2. The standard InChI is InChI=1S/C20H32N4O4/c1-11(2)15-19(27)23-9-5-8-14(23)18(26)22-16(12(3)4)20(28)24-10-6-7-13(24)17(25)21-15/h11-16H,5-10H2,1-4H3,(H,21,25)(H,22,26)/t13-,14-,15-,16-/m0/s1. The Morgan fingerprint density at radius 2 is 1.07 bits per heavy atom. The molecule has 4 amide bonds. The summed E-state index contributed by atoms with van der Waals surface area (Å²) in [4.78, 5) is 55.5. The predicted octanol–water partition coefficient (Wildman–Crippen LogP) is 0.264. The van der Waals surface area contributed by atoms with Crippen molar-refractivity contribution in [2.75, 3.05) is 13.1 Å². The van der Waals surface area contributed by atoms with E-state index >= 15 is 0 Å². The lowest BCUT2D eigenvalue weighted by atomic mass is 9.99. The van der Waals surface area contributed by atoms with Gasteiger partial charge in [-0.15, -0.1) is 0 Å². The van der Waals surface area contributed by atoms with Crippen LogP contribution >= 0.6 is 0 Å². The topological polar surface area (TPSA) is 98.8 Å². The lowest BCUT2D eigenvalue weighted by Gasteiger charge is -2.36. The molecular formula is C20H32N4O4. The molecule has 0 saturated carbocycles. The summed E-state index contributed by atoms with van der Waals surface area (Å²) in [6, 6.07) is -2.57. The maximum absolute atomic E-state index is 13.2. The molecule has 3 fully saturated rings. The van der Waals surface area contributed by atoms with Crippen LogP contribution in [0.2, 0.25) is 0 Å². The highest BCUT2D eigenvalue weighted by molar-refractivity contribution is 5.98. The number of hydrogen-bond acceptors (Lipinski definition) is 4. The molecule has 4 atom stereocenters. The fourth-order valence-electron chi connectivity index (χ4n) is 4.49. The minimum absolute atomic E-state index is 0.113. The number of nitrogens with zero attached hydrogens (tertiary/aromatic N) is 2. The maximum atomic E-state index is 13.2. The van der Waals surface area contributed by atoms with Gasteiger partial charge in [-0.25, -0.2) is 0 Å². The van der Waals surface area contributed by atoms with Gasteiger partial charge in [0.05, 0.1) is 0 Å². The SMILES string of the molecule is CC(C)[C@@H]1NC(=O)[C@@H]2CCCN2C(=O)[C@H](C(C)C)NC(=O)[C@@H]2CCCN2C1=O. The van der Waals surface area contributed by atoms with E-state index in [0.717, 1.165) is 12.8 Å². The summed E-state index contributed by atoms with van der Waals surface area (Å²) in [7, 11) is 0. The van der Waals surface area contributed by atoms with Crippen LogP contribution in [-0.2, 0) is 19.2 Å². The Balaban J connectivity index is 1.99. The number of nitrogens with one attached hydrogen (secondary N) is 2. The molecule has 0 aliphatic carbocycles. The van der Waals surface area contributed by atoms with Crippen LogP contribution in [0.3, 0.4) is 0 Å². The van der Waals surface area contributed by atoms with Crippen LogP contribution in [0.4, 0.5) is 0 Å². The van der Waals surface area contributed by atoms with Crippen LogP contribution in [-0.4, -0.2) is 70.7 Å². The second kappa shape index (κ2) is 8.09. The molecule has 8 heteroatoms. The number of rotatable bonds is 2. The summed E-state index contributed by atoms with van der Waals surface area (Å²) in [6.07, 6.45) is 2.61. The molecule has 156 valence electrons. The molecule has 0 aromatic rings. The molecule has 0 aromatic heterocycles. The molecule has 0 unspecified atom stereocenters. The van der Waals surface area contributed by atoms with E-state index in [2.05, 4.69) is 10.6 Å². The fraction of sp³-hybridized carbons (Fsp3) is 0.800. The van der Waals surface area contributed by atoms with Crippen molar-refractivity contribution in [2.45, 2.75) is 77.5 Å². The molecule has 3 aliphatic heterocycles. The highest BCUT2D eigenvalue weighted by atomic mass is 16.2. The van der Waals surface area contributed by atoms with Gasteiger partial charge in [-0.05, 0) is 37.5 Å². The van der Waals surface area contributed by atoms with E-state index in [1.54, 1.807) is 9.80 Å². The van der Waals surface area contributed by atoms with Crippen molar-refractivity contribution < 1.29 is 19.2 Å². The van der Waals surface area contributed by atoms with Gasteiger partial charge in [0, 0.05) is 13.1 Å². The van der Waals surface area contributed by atoms with E-state index in [9.17, 15) is 19.2 Å². The Morgan fingerprint density at radius 1 is 0.714 bits per heavy atom. The van der Waals surface area contributed by atoms with Crippen LogP contribution in [0, 0.1) is 11.8 Å². The van der Waals surface area contributed by atoms with E-state index in [4.69, 9.17) is 0 Å². The first-order valence-corrected chi connectivity index (χ1v) is 10.4. The summed E-state index contributed by atoms with van der Waals surface area (Å²) in [5.41, 5.74) is 0. The normalized spacial score (nSPS) is 32.1. The molecule has 3 aliphatic rings. The Kier molecular flexibility index (Phi) is 5.95. The van der Waals surface area contributed by atoms with Crippen molar-refractivity contribution in [3.63, 3.8) is 0 Å². The quantitative estimate of drug-likeness (QED) is 0.704. The van der Waals surface area contributed by atoms with Gasteiger partial charge < -0.3 is 20.4 Å². The number of carbonyl (C=O) groups excluding carboxylic acids is 4. The summed E-state index contributed by atoms with van der Waals surface area (Å²) in [6.45, 7) is 8.51. The van der Waals surface area contributed by atoms with Crippen LogP contribution in [0.15, 0.2) is 0 Å². The molecule has 0 spiro atoms. The zero-order chi connectivity index (χ0) is 20.6. The first kappa shape index (κ1) is 20.6. The van der Waals surface area contributed by atoms with Gasteiger partial charge in [0.1, 0.15) is 24.2 Å². The minimum Gasteiger partial charge on any atom is -0.342 e. The molecule has 0 bridgehead atoms. The smallest absolute Gasteiger partial charge is 0.246 e. The summed E-state index contributed by atoms with van der Waals surface area (Å²) in [5.74, 6) is -1.20. The van der Waals surface area contributed by atoms with Crippen molar-refractivity contribution in [3.8, 4) is 0 Å². The molecule has 0 radical (unpaired) electrons. The van der Waals surface area contributed by atoms with Crippen LogP contribution in [0.5, 0.6) is 0 Å². The molecule has 3 saturated heterocycles. The maximum Gasteiger partial charge on any atom is 0.246 e. The van der Waals surface area contributed by atoms with Crippen LogP contribution < -0.4 is 10.6 Å². The molecule has 3 rings (SSSR count). The second-order valence-electron chi connectivity index (χ2n) is 8.84. The van der Waals surface area contributed by atoms with Gasteiger partial charge in [0.15, 0.2) is 0 Å². The van der Waals surface area contributed by atoms with E-state index in [1.807, 2.05) is 27.7 Å². The molecule has 3 heterocycles. The average Bonchev–Trinajstić information content (AvgIpc) is 3.30. The summed E-state index contributed by atoms with van der Waals surface area (Å²) < 4.78 is 0. The number of amides is 4. The predicted molar refractivity (Wildman–Crippen MR) is 103 cm³/mol. The second-order valence-corrected chi connectivity index (χ2v) is 8.84. The van der Waals surface area contributed by atoms with E-state index in [0.29, 0.717) is 25.9 Å². The highest BCUT2D eigenvalue weighted by Crippen LogP contribution is 2.25. The lowest BCUT2D eigenvalue weighted by Crippen LogP contribution is -2.62. The Bertz CT molecular complexity index is 607. The van der Waals surface area contributed by atoms with Crippen molar-refractivity contribution in [2.24, 2.45) is 11.8 Å². The van der Waals surface area contributed by atoms with Gasteiger partial charge in [0.25, 0.3) is 0 Å². The van der Waals surface area contributed by atoms with Gasteiger partial charge in [0.2, 0.25) is 23.6 Å². The number of carbonyl (C=O) groups is 4. The van der Waals surface area contributed by atoms with Gasteiger partial charge in [-0.1, -0.05) is 27.7 Å². The molecule has 28 heavy (non-hydrogen) atoms. The zero-order valence-electron chi connectivity index (χ0n) is 17.2. The van der Waals surface area contributed by atoms with Crippen LogP contribution in [0.1, 0.15) is 53.4 Å². The lowest BCUT2D eigenvalue weighted by molar-refractivity contribution is -0.148. The minimum atomic E-state index is -0.696. The van der Waals surface area contributed by atoms with Gasteiger partial charge in [-0.2, -0.15) is 0 Å². The third-order valence-corrected chi connectivity index (χ3v) is 6.14. The Morgan fingerprint density at radius 3 is 1.39 bits per heavy atom. The van der Waals surface area contributed by atoms with Crippen LogP contribution in [0.25, 0.3) is 0 Å². The highest BCUT2D eigenvalue weighted by Gasteiger charge is 2.44. The molecule has 2 N–H and O–H groups in total. The fourth-order valence-corrected chi connectivity index (χ4v) is 4.49. The number of fused-ring (bicyclic) bond motifs is 2. The first-order valence-electron chi connectivity index (χ1n) is 10.4. The third kappa shape index (κ3) is 3.73. The summed E-state index contributed by atoms with van der Waals surface area (Å²) >= 11 is 0. The van der Waals surface area contributed by atoms with Crippen molar-refractivity contribution >= 4 is 23.6 Å². The molecule has 8 nitrogen and oxygen atoms in total. The Hall–Kier alpha value is -2.12. The van der Waals surface area contributed by atoms with E-state index in [1.165, 1.54) is 0 Å². The molecular weight excluding hydrogens is 360 g/mol. The largest absolute Gasteiger partial charge is 0.342 e. The van der Waals surface area contributed by atoms with E-state index < -0.39 is 24.2 Å². The third-order valence-electron chi connectivity index (χ3n) is 6.14. The molecule has 0 aromatic carbocycles. The van der Waals surface area contributed by atoms with Gasteiger partial charge in [-0.3, -0.25) is 19.2 Å². The van der Waals surface area contributed by atoms with E-state index in [-0.39, 0.29) is 35.5 Å². The summed E-state index contributed by atoms with van der Waals surface area (Å²) in [5, 5.41) is 5.78. The van der Waals surface area contributed by atoms with Gasteiger partial charge >= 0.3 is 0 Å². The number of hydrogen-bond donors (Lipinski definition) is 2.